The molecular formula is C25H27Cl4N3O3. The summed E-state index contributed by atoms with van der Waals surface area (Å²) in [6.45, 7) is 3.74. The molecule has 0 heterocycles. The highest BCUT2D eigenvalue weighted by molar-refractivity contribution is 6.42. The number of phenolic OH excluding ortho intramolecular Hbond substituents is 1. The molecule has 3 N–H and O–H groups in total. The topological polar surface area (TPSA) is 83.0 Å². The van der Waals surface area contributed by atoms with E-state index in [1.807, 2.05) is 25.1 Å². The second kappa shape index (κ2) is 13.0. The van der Waals surface area contributed by atoms with Crippen molar-refractivity contribution >= 4 is 58.5 Å². The number of halogens is 4. The van der Waals surface area contributed by atoms with Gasteiger partial charge in [0.2, 0.25) is 0 Å². The molecule has 1 amide bonds. The van der Waals surface area contributed by atoms with Gasteiger partial charge in [-0.1, -0.05) is 52.5 Å². The highest BCUT2D eigenvalue weighted by Gasteiger charge is 2.09. The Morgan fingerprint density at radius 3 is 2.51 bits per heavy atom. The summed E-state index contributed by atoms with van der Waals surface area (Å²) in [4.78, 5) is 12.2. The summed E-state index contributed by atoms with van der Waals surface area (Å²) in [5.74, 6) is 0.0358. The molecule has 0 aromatic heterocycles. The van der Waals surface area contributed by atoms with E-state index in [2.05, 4.69) is 15.8 Å². The van der Waals surface area contributed by atoms with Gasteiger partial charge in [0.15, 0.2) is 0 Å². The van der Waals surface area contributed by atoms with Crippen LogP contribution in [0.25, 0.3) is 0 Å². The smallest absolute Gasteiger partial charge is 0.271 e. The number of hydrogen-bond acceptors (Lipinski definition) is 5. The number of hydrazone groups is 1. The largest absolute Gasteiger partial charge is 0.506 e. The number of amides is 1. The number of phenols is 1. The summed E-state index contributed by atoms with van der Waals surface area (Å²) in [5.41, 5.74) is 5.33. The Morgan fingerprint density at radius 1 is 1.00 bits per heavy atom. The van der Waals surface area contributed by atoms with Crippen LogP contribution in [0.1, 0.15) is 29.9 Å². The summed E-state index contributed by atoms with van der Waals surface area (Å²) in [5, 5.41) is 18.4. The number of carbonyl (C=O) groups is 1. The molecule has 0 aliphatic heterocycles. The monoisotopic (exact) mass is 557 g/mol. The lowest BCUT2D eigenvalue weighted by molar-refractivity contribution is 0.0955. The molecule has 0 saturated heterocycles. The Balaban J connectivity index is 0.00000342. The minimum Gasteiger partial charge on any atom is -0.506 e. The maximum atomic E-state index is 12.2. The molecule has 6 nitrogen and oxygen atoms in total. The molecule has 0 bridgehead atoms. The van der Waals surface area contributed by atoms with Crippen molar-refractivity contribution in [1.29, 1.82) is 0 Å². The molecule has 0 spiro atoms. The number of ether oxygens (including phenoxy) is 1. The van der Waals surface area contributed by atoms with Gasteiger partial charge in [0.05, 0.1) is 26.3 Å². The number of rotatable bonds is 10. The summed E-state index contributed by atoms with van der Waals surface area (Å²) in [6.07, 6.45) is 2.30. The minimum absolute atomic E-state index is 0. The zero-order chi connectivity index (χ0) is 25.4. The second-order valence-corrected chi connectivity index (χ2v) is 9.24. The first-order valence-electron chi connectivity index (χ1n) is 10.6. The Morgan fingerprint density at radius 2 is 1.80 bits per heavy atom. The van der Waals surface area contributed by atoms with Crippen LogP contribution in [0.3, 0.4) is 0 Å². The van der Waals surface area contributed by atoms with Gasteiger partial charge >= 0.3 is 0 Å². The summed E-state index contributed by atoms with van der Waals surface area (Å²) < 4.78 is 5.85. The molecule has 0 unspecified atom stereocenters. The fourth-order valence-corrected chi connectivity index (χ4v) is 4.00. The number of benzene rings is 3. The Bertz CT molecular complexity index is 1220. The first-order chi connectivity index (χ1) is 16.7. The van der Waals surface area contributed by atoms with Crippen LogP contribution in [-0.4, -0.2) is 36.9 Å². The Hall–Kier alpha value is -2.48. The number of hydrogen-bond donors (Lipinski definition) is 3. The van der Waals surface area contributed by atoms with E-state index in [1.165, 1.54) is 24.4 Å². The van der Waals surface area contributed by atoms with Gasteiger partial charge in [-0.05, 0) is 79.0 Å². The van der Waals surface area contributed by atoms with E-state index in [4.69, 9.17) is 51.1 Å². The maximum absolute atomic E-state index is 12.2. The Kier molecular flexibility index (Phi) is 10.1. The number of aromatic hydroxyl groups is 1. The van der Waals surface area contributed by atoms with Gasteiger partial charge in [0, 0.05) is 15.0 Å². The van der Waals surface area contributed by atoms with E-state index < -0.39 is 5.91 Å². The Labute approximate surface area is 226 Å². The third kappa shape index (κ3) is 8.02. The van der Waals surface area contributed by atoms with Crippen molar-refractivity contribution in [2.75, 3.05) is 19.7 Å². The van der Waals surface area contributed by atoms with E-state index in [9.17, 15) is 9.90 Å². The quantitative estimate of drug-likeness (QED) is 0.145. The molecule has 0 saturated carbocycles. The summed E-state index contributed by atoms with van der Waals surface area (Å²) >= 11 is 24.2. The zero-order valence-corrected chi connectivity index (χ0v) is 21.8. The van der Waals surface area contributed by atoms with Gasteiger partial charge in [-0.15, -0.1) is 0 Å². The predicted octanol–water partition coefficient (Wildman–Crippen LogP) is 6.78. The van der Waals surface area contributed by atoms with Gasteiger partial charge in [0.1, 0.15) is 18.1 Å². The maximum Gasteiger partial charge on any atom is 0.271 e. The van der Waals surface area contributed by atoms with Crippen molar-refractivity contribution < 1.29 is 17.5 Å². The number of aryl methyl sites for hydroxylation is 1. The van der Waals surface area contributed by atoms with Gasteiger partial charge in [0.25, 0.3) is 5.91 Å². The molecule has 0 atom stereocenters. The molecule has 188 valence electrons. The van der Waals surface area contributed by atoms with Gasteiger partial charge in [-0.25, -0.2) is 5.43 Å². The molecule has 35 heavy (non-hydrogen) atoms. The average Bonchev–Trinajstić information content (AvgIpc) is 2.81. The van der Waals surface area contributed by atoms with Crippen molar-refractivity contribution in [2.24, 2.45) is 5.10 Å². The van der Waals surface area contributed by atoms with Gasteiger partial charge in [-0.3, -0.25) is 4.79 Å². The molecule has 0 aliphatic carbocycles. The van der Waals surface area contributed by atoms with Crippen molar-refractivity contribution in [2.45, 2.75) is 13.3 Å². The van der Waals surface area contributed by atoms with Crippen molar-refractivity contribution in [1.82, 2.24) is 10.7 Å². The minimum atomic E-state index is -0.461. The van der Waals surface area contributed by atoms with E-state index in [0.717, 1.165) is 24.1 Å². The van der Waals surface area contributed by atoms with Crippen LogP contribution in [0.2, 0.25) is 20.1 Å². The first-order valence-corrected chi connectivity index (χ1v) is 12.2. The van der Waals surface area contributed by atoms with Gasteiger partial charge in [-0.2, -0.15) is 5.10 Å². The van der Waals surface area contributed by atoms with Crippen LogP contribution in [-0.2, 0) is 6.42 Å². The molecule has 10 heteroatoms. The zero-order valence-electron chi connectivity index (χ0n) is 18.7. The molecule has 0 fully saturated rings. The number of carbonyl (C=O) groups excluding carboxylic acids is 1. The highest BCUT2D eigenvalue weighted by atomic mass is 35.5. The van der Waals surface area contributed by atoms with E-state index in [-0.39, 0.29) is 19.2 Å². The average molecular weight is 559 g/mol. The van der Waals surface area contributed by atoms with Gasteiger partial charge < -0.3 is 15.2 Å². The van der Waals surface area contributed by atoms with E-state index >= 15 is 0 Å². The lowest BCUT2D eigenvalue weighted by Crippen LogP contribution is -2.23. The molecular weight excluding hydrogens is 532 g/mol. The van der Waals surface area contributed by atoms with Crippen LogP contribution in [0.4, 0.5) is 0 Å². The third-order valence-electron chi connectivity index (χ3n) is 4.94. The van der Waals surface area contributed by atoms with E-state index in [0.29, 0.717) is 39.5 Å². The summed E-state index contributed by atoms with van der Waals surface area (Å²) in [7, 11) is 0. The molecule has 0 radical (unpaired) electrons. The van der Waals surface area contributed by atoms with Crippen LogP contribution in [0.15, 0.2) is 53.6 Å². The van der Waals surface area contributed by atoms with Crippen molar-refractivity contribution in [3.63, 3.8) is 0 Å². The second-order valence-electron chi connectivity index (χ2n) is 7.61. The first kappa shape index (κ1) is 27.1. The molecule has 3 rings (SSSR count). The van der Waals surface area contributed by atoms with E-state index in [1.54, 1.807) is 12.1 Å². The molecule has 3 aromatic carbocycles. The standard InChI is InChI=1S/C25H23Cl4N3O3.2H2/c1-15-10-17(14-31-32-25(34)18-3-5-23(33)21(28)13-18)12-22(29)24(15)35-9-8-30-7-6-16-2-4-19(26)20(27)11-16;;/h2-5,10-14,30,33H,6-9H2,1H3,(H,32,34);2*1H/b31-14+;;. The molecule has 0 aliphatic rings. The van der Waals surface area contributed by atoms with Crippen molar-refractivity contribution in [3.05, 3.63) is 90.9 Å². The van der Waals surface area contributed by atoms with Crippen LogP contribution in [0, 0.1) is 6.92 Å². The third-order valence-corrected chi connectivity index (χ3v) is 6.26. The lowest BCUT2D eigenvalue weighted by Gasteiger charge is -2.12. The van der Waals surface area contributed by atoms with Crippen LogP contribution < -0.4 is 15.5 Å². The number of nitrogens with zero attached hydrogens (tertiary/aromatic N) is 1. The molecule has 3 aromatic rings. The number of nitrogens with one attached hydrogen (secondary N) is 2. The lowest BCUT2D eigenvalue weighted by atomic mass is 10.1. The highest BCUT2D eigenvalue weighted by Crippen LogP contribution is 2.29. The van der Waals surface area contributed by atoms with Crippen LogP contribution in [0.5, 0.6) is 11.5 Å². The predicted molar refractivity (Wildman–Crippen MR) is 147 cm³/mol. The fraction of sp³-hybridized carbons (Fsp3) is 0.200. The van der Waals surface area contributed by atoms with Crippen molar-refractivity contribution in [3.8, 4) is 11.5 Å². The van der Waals surface area contributed by atoms with Crippen LogP contribution >= 0.6 is 46.4 Å². The normalized spacial score (nSPS) is 11.1. The SMILES string of the molecule is Cc1cc(/C=N/NC(=O)c2ccc(O)c(Cl)c2)cc(Cl)c1OCCNCCc1ccc(Cl)c(Cl)c1.[HH].[HH]. The fourth-order valence-electron chi connectivity index (χ4n) is 3.17. The summed E-state index contributed by atoms with van der Waals surface area (Å²) in [6, 6.07) is 13.3.